The maximum Gasteiger partial charge on any atom is 0.229 e. The number of ether oxygens (including phenoxy) is 1. The predicted molar refractivity (Wildman–Crippen MR) is 107 cm³/mol. The van der Waals surface area contributed by atoms with Crippen LogP contribution in [0, 0.1) is 17.2 Å². The number of nitrogens with one attached hydrogen (secondary N) is 2. The molecule has 0 bridgehead atoms. The zero-order chi connectivity index (χ0) is 19.4. The van der Waals surface area contributed by atoms with Crippen molar-refractivity contribution >= 4 is 56.6 Å². The van der Waals surface area contributed by atoms with Gasteiger partial charge in [-0.1, -0.05) is 23.2 Å². The monoisotopic (exact) mass is 471 g/mol. The topological polar surface area (TPSA) is 103 Å². The number of anilines is 3. The van der Waals surface area contributed by atoms with Crippen LogP contribution in [0.4, 0.5) is 17.5 Å². The summed E-state index contributed by atoms with van der Waals surface area (Å²) in [5.41, 5.74) is 1.25. The average Bonchev–Trinajstić information content (AvgIpc) is 2.67. The summed E-state index contributed by atoms with van der Waals surface area (Å²) in [6.45, 7) is 0.809. The van der Waals surface area contributed by atoms with Gasteiger partial charge < -0.3 is 20.5 Å². The van der Waals surface area contributed by atoms with E-state index in [2.05, 4.69) is 42.6 Å². The van der Waals surface area contributed by atoms with E-state index in [1.807, 2.05) is 0 Å². The Morgan fingerprint density at radius 2 is 2.19 bits per heavy atom. The molecule has 0 amide bonds. The number of aromatic nitrogens is 2. The Hall–Kier alpha value is -1.63. The largest absolute Gasteiger partial charge is 0.392 e. The highest BCUT2D eigenvalue weighted by molar-refractivity contribution is 9.10. The van der Waals surface area contributed by atoms with Crippen molar-refractivity contribution in [1.82, 2.24) is 9.97 Å². The Labute approximate surface area is 174 Å². The van der Waals surface area contributed by atoms with E-state index in [1.54, 1.807) is 12.1 Å². The number of nitrogens with zero attached hydrogens (tertiary/aromatic N) is 3. The standard InChI is InChI=1S/C17H16BrCl2N5O2/c18-15-10(7-26)3-11(4-12(15)19)23-17-22-6-13(20)16(25-17)24-14-8-27-2-1-9(14)5-21/h3-4,6,9,14,26H,1-2,7-8H2,(H2,22,23,24,25)/t9?,14-/m0/s1. The van der Waals surface area contributed by atoms with Gasteiger partial charge in [-0.25, -0.2) is 4.98 Å². The third-order valence-electron chi connectivity index (χ3n) is 4.12. The number of benzene rings is 1. The quantitative estimate of drug-likeness (QED) is 0.601. The molecule has 3 rings (SSSR count). The maximum atomic E-state index is 9.43. The van der Waals surface area contributed by atoms with Gasteiger partial charge in [0, 0.05) is 16.8 Å². The van der Waals surface area contributed by atoms with E-state index in [9.17, 15) is 10.4 Å². The molecule has 1 unspecified atom stereocenters. The summed E-state index contributed by atoms with van der Waals surface area (Å²) in [5, 5.41) is 25.7. The molecule has 0 saturated carbocycles. The molecule has 3 N–H and O–H groups in total. The first kappa shape index (κ1) is 20.1. The summed E-state index contributed by atoms with van der Waals surface area (Å²) in [7, 11) is 0. The minimum Gasteiger partial charge on any atom is -0.392 e. The van der Waals surface area contributed by atoms with Crippen LogP contribution in [0.3, 0.4) is 0 Å². The van der Waals surface area contributed by atoms with Gasteiger partial charge in [0.2, 0.25) is 5.95 Å². The van der Waals surface area contributed by atoms with Crippen LogP contribution >= 0.6 is 39.1 Å². The van der Waals surface area contributed by atoms with Crippen LogP contribution in [-0.2, 0) is 11.3 Å². The highest BCUT2D eigenvalue weighted by Crippen LogP contribution is 2.32. The van der Waals surface area contributed by atoms with E-state index in [-0.39, 0.29) is 18.6 Å². The fourth-order valence-corrected chi connectivity index (χ4v) is 3.44. The van der Waals surface area contributed by atoms with Gasteiger partial charge in [0.1, 0.15) is 5.02 Å². The van der Waals surface area contributed by atoms with Crippen molar-refractivity contribution in [2.75, 3.05) is 23.8 Å². The Balaban J connectivity index is 1.81. The molecule has 7 nitrogen and oxygen atoms in total. The first-order chi connectivity index (χ1) is 13.0. The highest BCUT2D eigenvalue weighted by atomic mass is 79.9. The molecule has 0 spiro atoms. The fraction of sp³-hybridized carbons (Fsp3) is 0.353. The van der Waals surface area contributed by atoms with Crippen molar-refractivity contribution in [3.8, 4) is 6.07 Å². The zero-order valence-electron chi connectivity index (χ0n) is 14.0. The second-order valence-electron chi connectivity index (χ2n) is 5.95. The predicted octanol–water partition coefficient (Wildman–Crippen LogP) is 4.12. The minimum absolute atomic E-state index is 0.165. The molecule has 1 saturated heterocycles. The molecular formula is C17H16BrCl2N5O2. The molecule has 1 aromatic heterocycles. The Bertz CT molecular complexity index is 877. The fourth-order valence-electron chi connectivity index (χ4n) is 2.70. The van der Waals surface area contributed by atoms with Gasteiger partial charge in [-0.15, -0.1) is 0 Å². The van der Waals surface area contributed by atoms with Gasteiger partial charge in [0.25, 0.3) is 0 Å². The van der Waals surface area contributed by atoms with Crippen molar-refractivity contribution in [2.45, 2.75) is 19.1 Å². The normalized spacial score (nSPS) is 19.4. The third-order valence-corrected chi connectivity index (χ3v) is 5.86. The lowest BCUT2D eigenvalue weighted by atomic mass is 9.96. The lowest BCUT2D eigenvalue weighted by Gasteiger charge is -2.28. The second kappa shape index (κ2) is 9.04. The molecule has 0 aliphatic carbocycles. The Morgan fingerprint density at radius 1 is 1.37 bits per heavy atom. The van der Waals surface area contributed by atoms with Crippen molar-refractivity contribution in [3.05, 3.63) is 38.4 Å². The number of nitriles is 1. The third kappa shape index (κ3) is 4.81. The highest BCUT2D eigenvalue weighted by Gasteiger charge is 2.26. The van der Waals surface area contributed by atoms with E-state index in [0.29, 0.717) is 57.2 Å². The van der Waals surface area contributed by atoms with E-state index in [0.717, 1.165) is 0 Å². The molecule has 1 aromatic carbocycles. The number of aliphatic hydroxyl groups is 1. The lowest BCUT2D eigenvalue weighted by Crippen LogP contribution is -2.38. The molecule has 27 heavy (non-hydrogen) atoms. The van der Waals surface area contributed by atoms with Crippen molar-refractivity contribution in [2.24, 2.45) is 5.92 Å². The Kier molecular flexibility index (Phi) is 6.73. The summed E-state index contributed by atoms with van der Waals surface area (Å²) < 4.78 is 6.08. The summed E-state index contributed by atoms with van der Waals surface area (Å²) >= 11 is 15.7. The summed E-state index contributed by atoms with van der Waals surface area (Å²) in [6.07, 6.45) is 2.13. The average molecular weight is 473 g/mol. The van der Waals surface area contributed by atoms with Crippen molar-refractivity contribution in [3.63, 3.8) is 0 Å². The summed E-state index contributed by atoms with van der Waals surface area (Å²) in [5.74, 6) is 0.531. The summed E-state index contributed by atoms with van der Waals surface area (Å²) in [4.78, 5) is 8.56. The lowest BCUT2D eigenvalue weighted by molar-refractivity contribution is 0.0698. The van der Waals surface area contributed by atoms with Gasteiger partial charge in [-0.3, -0.25) is 0 Å². The van der Waals surface area contributed by atoms with Gasteiger partial charge in [0.15, 0.2) is 5.82 Å². The van der Waals surface area contributed by atoms with E-state index in [1.165, 1.54) is 6.20 Å². The minimum atomic E-state index is -0.202. The van der Waals surface area contributed by atoms with E-state index < -0.39 is 0 Å². The molecule has 0 radical (unpaired) electrons. The summed E-state index contributed by atoms with van der Waals surface area (Å²) in [6, 6.07) is 5.51. The Morgan fingerprint density at radius 3 is 2.93 bits per heavy atom. The number of hydrogen-bond donors (Lipinski definition) is 3. The molecule has 2 atom stereocenters. The SMILES string of the molecule is N#CC1CCOC[C@@H]1Nc1nc(Nc2cc(Cl)c(Br)c(CO)c2)ncc1Cl. The van der Waals surface area contributed by atoms with Crippen LogP contribution in [0.5, 0.6) is 0 Å². The van der Waals surface area contributed by atoms with Gasteiger partial charge >= 0.3 is 0 Å². The smallest absolute Gasteiger partial charge is 0.229 e. The molecule has 1 aliphatic rings. The van der Waals surface area contributed by atoms with Crippen LogP contribution in [0.1, 0.15) is 12.0 Å². The zero-order valence-corrected chi connectivity index (χ0v) is 17.1. The van der Waals surface area contributed by atoms with E-state index in [4.69, 9.17) is 27.9 Å². The molecule has 142 valence electrons. The van der Waals surface area contributed by atoms with Crippen LogP contribution in [0.25, 0.3) is 0 Å². The number of aliphatic hydroxyl groups excluding tert-OH is 1. The van der Waals surface area contributed by atoms with Gasteiger partial charge in [-0.2, -0.15) is 10.2 Å². The first-order valence-electron chi connectivity index (χ1n) is 8.14. The van der Waals surface area contributed by atoms with Crippen LogP contribution < -0.4 is 10.6 Å². The van der Waals surface area contributed by atoms with Gasteiger partial charge in [0.05, 0.1) is 42.5 Å². The van der Waals surface area contributed by atoms with E-state index >= 15 is 0 Å². The molecule has 2 aromatic rings. The molecule has 1 aliphatic heterocycles. The molecule has 2 heterocycles. The molecule has 1 fully saturated rings. The molecular weight excluding hydrogens is 457 g/mol. The maximum absolute atomic E-state index is 9.43. The number of rotatable bonds is 5. The molecule has 10 heteroatoms. The van der Waals surface area contributed by atoms with Crippen molar-refractivity contribution in [1.29, 1.82) is 5.26 Å². The second-order valence-corrected chi connectivity index (χ2v) is 7.56. The van der Waals surface area contributed by atoms with Crippen molar-refractivity contribution < 1.29 is 9.84 Å². The number of halogens is 3. The van der Waals surface area contributed by atoms with Gasteiger partial charge in [-0.05, 0) is 40.0 Å². The number of hydrogen-bond acceptors (Lipinski definition) is 7. The first-order valence-corrected chi connectivity index (χ1v) is 9.69. The van der Waals surface area contributed by atoms with Crippen LogP contribution in [-0.4, -0.2) is 34.3 Å². The van der Waals surface area contributed by atoms with Crippen LogP contribution in [0.2, 0.25) is 10.0 Å². The van der Waals surface area contributed by atoms with Crippen LogP contribution in [0.15, 0.2) is 22.8 Å².